The van der Waals surface area contributed by atoms with Crippen molar-refractivity contribution in [2.45, 2.75) is 19.0 Å². The molecule has 0 saturated heterocycles. The average molecular weight is 259 g/mol. The fraction of sp³-hybridized carbons (Fsp3) is 0.286. The van der Waals surface area contributed by atoms with Crippen LogP contribution in [0.15, 0.2) is 48.8 Å². The van der Waals surface area contributed by atoms with Crippen LogP contribution >= 0.6 is 0 Å². The highest BCUT2D eigenvalue weighted by atomic mass is 16.3. The van der Waals surface area contributed by atoms with Gasteiger partial charge in [-0.3, -0.25) is 9.48 Å². The molecule has 2 rings (SSSR count). The fourth-order valence-corrected chi connectivity index (χ4v) is 1.84. The van der Waals surface area contributed by atoms with E-state index in [0.717, 1.165) is 5.56 Å². The Balaban J connectivity index is 2.05. The van der Waals surface area contributed by atoms with E-state index in [4.69, 9.17) is 0 Å². The lowest BCUT2D eigenvalue weighted by Crippen LogP contribution is -2.35. The third kappa shape index (κ3) is 3.20. The van der Waals surface area contributed by atoms with Crippen LogP contribution in [0.2, 0.25) is 0 Å². The first-order valence-corrected chi connectivity index (χ1v) is 6.17. The van der Waals surface area contributed by atoms with Crippen LogP contribution in [0.5, 0.6) is 0 Å². The molecule has 19 heavy (non-hydrogen) atoms. The van der Waals surface area contributed by atoms with Gasteiger partial charge in [0.05, 0.1) is 12.6 Å². The maximum atomic E-state index is 12.1. The third-order valence-electron chi connectivity index (χ3n) is 3.00. The van der Waals surface area contributed by atoms with Crippen LogP contribution in [0.3, 0.4) is 0 Å². The molecule has 1 heterocycles. The van der Waals surface area contributed by atoms with Gasteiger partial charge in [0.2, 0.25) is 5.91 Å². The number of aromatic nitrogens is 2. The van der Waals surface area contributed by atoms with Gasteiger partial charge in [-0.1, -0.05) is 30.3 Å². The van der Waals surface area contributed by atoms with Gasteiger partial charge in [0.1, 0.15) is 6.04 Å². The molecule has 1 aromatic carbocycles. The molecular formula is C14H17N3O2. The summed E-state index contributed by atoms with van der Waals surface area (Å²) in [7, 11) is 0. The summed E-state index contributed by atoms with van der Waals surface area (Å²) in [6, 6.07) is 10.4. The molecule has 1 unspecified atom stereocenters. The number of amides is 1. The summed E-state index contributed by atoms with van der Waals surface area (Å²) in [6.07, 6.45) is 3.37. The molecule has 5 heteroatoms. The van der Waals surface area contributed by atoms with E-state index in [1.165, 1.54) is 0 Å². The highest BCUT2D eigenvalue weighted by Gasteiger charge is 2.19. The summed E-state index contributed by atoms with van der Waals surface area (Å²) in [4.78, 5) is 12.1. The summed E-state index contributed by atoms with van der Waals surface area (Å²) in [5.74, 6) is -0.174. The second kappa shape index (κ2) is 6.15. The number of aliphatic hydroxyl groups excluding tert-OH is 1. The predicted molar refractivity (Wildman–Crippen MR) is 71.3 cm³/mol. The van der Waals surface area contributed by atoms with Crippen molar-refractivity contribution in [1.82, 2.24) is 15.1 Å². The summed E-state index contributed by atoms with van der Waals surface area (Å²) in [5.41, 5.74) is 0.881. The Hall–Kier alpha value is -2.14. The summed E-state index contributed by atoms with van der Waals surface area (Å²) < 4.78 is 1.58. The van der Waals surface area contributed by atoms with E-state index in [9.17, 15) is 9.90 Å². The molecule has 0 saturated carbocycles. The number of carbonyl (C=O) groups is 1. The summed E-state index contributed by atoms with van der Waals surface area (Å²) >= 11 is 0. The molecule has 2 aromatic rings. The lowest BCUT2D eigenvalue weighted by molar-refractivity contribution is -0.125. The minimum atomic E-state index is -0.409. The molecule has 5 nitrogen and oxygen atoms in total. The molecule has 0 bridgehead atoms. The van der Waals surface area contributed by atoms with Gasteiger partial charge < -0.3 is 10.4 Å². The molecule has 1 amide bonds. The minimum Gasteiger partial charge on any atom is -0.394 e. The molecule has 0 aliphatic rings. The Labute approximate surface area is 111 Å². The quantitative estimate of drug-likeness (QED) is 0.850. The number of aliphatic hydroxyl groups is 1. The first kappa shape index (κ1) is 13.3. The number of carbonyl (C=O) groups excluding carboxylic acids is 1. The normalized spacial score (nSPS) is 13.8. The van der Waals surface area contributed by atoms with Gasteiger partial charge in [0, 0.05) is 12.4 Å². The highest BCUT2D eigenvalue weighted by molar-refractivity contribution is 5.80. The molecule has 0 aliphatic heterocycles. The van der Waals surface area contributed by atoms with Gasteiger partial charge in [-0.05, 0) is 18.6 Å². The number of hydrogen-bond donors (Lipinski definition) is 2. The Morgan fingerprint density at radius 1 is 1.37 bits per heavy atom. The SMILES string of the molecule is CC(C(=O)N[C@H](CO)c1ccccc1)n1cccn1. The van der Waals surface area contributed by atoms with Gasteiger partial charge in [-0.15, -0.1) is 0 Å². The second-order valence-electron chi connectivity index (χ2n) is 4.32. The van der Waals surface area contributed by atoms with E-state index in [1.807, 2.05) is 30.3 Å². The second-order valence-corrected chi connectivity index (χ2v) is 4.32. The number of hydrogen-bond acceptors (Lipinski definition) is 3. The van der Waals surface area contributed by atoms with Crippen LogP contribution in [0.1, 0.15) is 24.6 Å². The van der Waals surface area contributed by atoms with Gasteiger partial charge >= 0.3 is 0 Å². The van der Waals surface area contributed by atoms with Crippen molar-refractivity contribution in [3.63, 3.8) is 0 Å². The van der Waals surface area contributed by atoms with Crippen molar-refractivity contribution in [2.75, 3.05) is 6.61 Å². The molecular weight excluding hydrogens is 242 g/mol. The molecule has 0 spiro atoms. The van der Waals surface area contributed by atoms with Crippen LogP contribution in [0.4, 0.5) is 0 Å². The number of benzene rings is 1. The maximum absolute atomic E-state index is 12.1. The van der Waals surface area contributed by atoms with E-state index in [1.54, 1.807) is 30.1 Å². The Kier molecular flexibility index (Phi) is 4.30. The van der Waals surface area contributed by atoms with Crippen molar-refractivity contribution in [2.24, 2.45) is 0 Å². The van der Waals surface area contributed by atoms with E-state index in [-0.39, 0.29) is 12.5 Å². The maximum Gasteiger partial charge on any atom is 0.245 e. The number of nitrogens with one attached hydrogen (secondary N) is 1. The smallest absolute Gasteiger partial charge is 0.245 e. The monoisotopic (exact) mass is 259 g/mol. The Morgan fingerprint density at radius 3 is 2.68 bits per heavy atom. The number of rotatable bonds is 5. The molecule has 2 N–H and O–H groups in total. The molecule has 1 aromatic heterocycles. The molecule has 100 valence electrons. The summed E-state index contributed by atoms with van der Waals surface area (Å²) in [5, 5.41) is 16.3. The Bertz CT molecular complexity index is 511. The molecule has 0 fully saturated rings. The van der Waals surface area contributed by atoms with Crippen molar-refractivity contribution in [3.05, 3.63) is 54.4 Å². The van der Waals surface area contributed by atoms with Crippen molar-refractivity contribution < 1.29 is 9.90 Å². The zero-order chi connectivity index (χ0) is 13.7. The van der Waals surface area contributed by atoms with Gasteiger partial charge in [0.15, 0.2) is 0 Å². The first-order chi connectivity index (χ1) is 9.22. The van der Waals surface area contributed by atoms with Crippen LogP contribution < -0.4 is 5.32 Å². The van der Waals surface area contributed by atoms with E-state index >= 15 is 0 Å². The Morgan fingerprint density at radius 2 is 2.11 bits per heavy atom. The zero-order valence-electron chi connectivity index (χ0n) is 10.7. The predicted octanol–water partition coefficient (Wildman–Crippen LogP) is 1.29. The molecule has 2 atom stereocenters. The van der Waals surface area contributed by atoms with Crippen LogP contribution in [-0.2, 0) is 4.79 Å². The standard InChI is InChI=1S/C14H17N3O2/c1-11(17-9-5-8-15-17)14(19)16-13(10-18)12-6-3-2-4-7-12/h2-9,11,13,18H,10H2,1H3,(H,16,19)/t11?,13-/m1/s1. The van der Waals surface area contributed by atoms with Crippen LogP contribution in [-0.4, -0.2) is 27.4 Å². The lowest BCUT2D eigenvalue weighted by atomic mass is 10.1. The summed E-state index contributed by atoms with van der Waals surface area (Å²) in [6.45, 7) is 1.63. The van der Waals surface area contributed by atoms with Gasteiger partial charge in [0.25, 0.3) is 0 Å². The minimum absolute atomic E-state index is 0.137. The van der Waals surface area contributed by atoms with Gasteiger partial charge in [-0.2, -0.15) is 5.10 Å². The topological polar surface area (TPSA) is 67.2 Å². The molecule has 0 aliphatic carbocycles. The van der Waals surface area contributed by atoms with E-state index in [2.05, 4.69) is 10.4 Å². The van der Waals surface area contributed by atoms with Crippen LogP contribution in [0, 0.1) is 0 Å². The zero-order valence-corrected chi connectivity index (χ0v) is 10.7. The first-order valence-electron chi connectivity index (χ1n) is 6.17. The van der Waals surface area contributed by atoms with E-state index < -0.39 is 12.1 Å². The fourth-order valence-electron chi connectivity index (χ4n) is 1.84. The van der Waals surface area contributed by atoms with Crippen molar-refractivity contribution >= 4 is 5.91 Å². The number of nitrogens with zero attached hydrogens (tertiary/aromatic N) is 2. The van der Waals surface area contributed by atoms with Crippen molar-refractivity contribution in [1.29, 1.82) is 0 Å². The van der Waals surface area contributed by atoms with Gasteiger partial charge in [-0.25, -0.2) is 0 Å². The van der Waals surface area contributed by atoms with Crippen LogP contribution in [0.25, 0.3) is 0 Å². The average Bonchev–Trinajstić information content (AvgIpc) is 2.98. The largest absolute Gasteiger partial charge is 0.394 e. The van der Waals surface area contributed by atoms with E-state index in [0.29, 0.717) is 0 Å². The third-order valence-corrected chi connectivity index (χ3v) is 3.00. The van der Waals surface area contributed by atoms with Crippen molar-refractivity contribution in [3.8, 4) is 0 Å². The highest BCUT2D eigenvalue weighted by Crippen LogP contribution is 2.13. The lowest BCUT2D eigenvalue weighted by Gasteiger charge is -2.19. The molecule has 0 radical (unpaired) electrons.